The minimum Gasteiger partial charge on any atom is -0.409 e. The van der Waals surface area contributed by atoms with Gasteiger partial charge in [0.25, 0.3) is 0 Å². The lowest BCUT2D eigenvalue weighted by Crippen LogP contribution is -2.50. The third kappa shape index (κ3) is 4.75. The maximum atomic E-state index is 8.63. The molecule has 0 bridgehead atoms. The Kier molecular flexibility index (Phi) is 5.16. The SMILES string of the molecule is CC(NC(C)(C)CCc1ccccc1)/C(N)=N/O. The molecule has 1 aromatic rings. The van der Waals surface area contributed by atoms with Crippen LogP contribution in [0.3, 0.4) is 0 Å². The first kappa shape index (κ1) is 14.5. The molecule has 0 saturated carbocycles. The van der Waals surface area contributed by atoms with E-state index in [9.17, 15) is 0 Å². The van der Waals surface area contributed by atoms with Crippen LogP contribution in [0.2, 0.25) is 0 Å². The lowest BCUT2D eigenvalue weighted by Gasteiger charge is -2.30. The molecule has 0 aliphatic carbocycles. The number of rotatable bonds is 6. The highest BCUT2D eigenvalue weighted by Gasteiger charge is 2.21. The molecule has 0 saturated heterocycles. The van der Waals surface area contributed by atoms with E-state index in [-0.39, 0.29) is 17.4 Å². The quantitative estimate of drug-likeness (QED) is 0.313. The van der Waals surface area contributed by atoms with E-state index in [4.69, 9.17) is 10.9 Å². The van der Waals surface area contributed by atoms with Crippen LogP contribution in [0.4, 0.5) is 0 Å². The molecule has 0 aromatic heterocycles. The van der Waals surface area contributed by atoms with Crippen molar-refractivity contribution >= 4 is 5.84 Å². The Bertz CT molecular complexity index is 387. The van der Waals surface area contributed by atoms with Gasteiger partial charge in [0.15, 0.2) is 5.84 Å². The Morgan fingerprint density at radius 2 is 2.00 bits per heavy atom. The van der Waals surface area contributed by atoms with E-state index in [1.165, 1.54) is 5.56 Å². The van der Waals surface area contributed by atoms with Gasteiger partial charge in [-0.05, 0) is 39.2 Å². The van der Waals surface area contributed by atoms with Crippen molar-refractivity contribution in [3.8, 4) is 0 Å². The number of hydrogen-bond acceptors (Lipinski definition) is 3. The predicted octanol–water partition coefficient (Wildman–Crippen LogP) is 2.12. The second-order valence-corrected chi connectivity index (χ2v) is 5.26. The smallest absolute Gasteiger partial charge is 0.156 e. The van der Waals surface area contributed by atoms with Gasteiger partial charge in [-0.2, -0.15) is 0 Å². The van der Waals surface area contributed by atoms with Crippen molar-refractivity contribution in [1.29, 1.82) is 0 Å². The summed E-state index contributed by atoms with van der Waals surface area (Å²) in [5.74, 6) is 0.211. The van der Waals surface area contributed by atoms with E-state index in [1.54, 1.807) is 0 Å². The van der Waals surface area contributed by atoms with Gasteiger partial charge < -0.3 is 16.3 Å². The summed E-state index contributed by atoms with van der Waals surface area (Å²) >= 11 is 0. The number of benzene rings is 1. The van der Waals surface area contributed by atoms with Gasteiger partial charge >= 0.3 is 0 Å². The summed E-state index contributed by atoms with van der Waals surface area (Å²) in [5, 5.41) is 15.0. The monoisotopic (exact) mass is 249 g/mol. The topological polar surface area (TPSA) is 70.6 Å². The zero-order chi connectivity index (χ0) is 13.6. The summed E-state index contributed by atoms with van der Waals surface area (Å²) in [6, 6.07) is 10.2. The fourth-order valence-corrected chi connectivity index (χ4v) is 1.92. The van der Waals surface area contributed by atoms with Gasteiger partial charge in [-0.15, -0.1) is 0 Å². The van der Waals surface area contributed by atoms with Crippen molar-refractivity contribution in [2.24, 2.45) is 10.9 Å². The van der Waals surface area contributed by atoms with E-state index in [2.05, 4.69) is 48.6 Å². The van der Waals surface area contributed by atoms with E-state index in [0.29, 0.717) is 0 Å². The molecule has 0 aliphatic rings. The Morgan fingerprint density at radius 1 is 1.39 bits per heavy atom. The molecule has 4 nitrogen and oxygen atoms in total. The molecule has 1 atom stereocenters. The van der Waals surface area contributed by atoms with E-state index < -0.39 is 0 Å². The molecule has 1 aromatic carbocycles. The average molecular weight is 249 g/mol. The predicted molar refractivity (Wildman–Crippen MR) is 74.8 cm³/mol. The van der Waals surface area contributed by atoms with Crippen molar-refractivity contribution in [2.45, 2.75) is 45.2 Å². The van der Waals surface area contributed by atoms with Crippen molar-refractivity contribution in [2.75, 3.05) is 0 Å². The molecule has 0 aliphatic heterocycles. The van der Waals surface area contributed by atoms with Crippen molar-refractivity contribution in [3.63, 3.8) is 0 Å². The van der Waals surface area contributed by atoms with Gasteiger partial charge in [0.1, 0.15) is 0 Å². The van der Waals surface area contributed by atoms with E-state index >= 15 is 0 Å². The summed E-state index contributed by atoms with van der Waals surface area (Å²) in [5.41, 5.74) is 6.83. The molecule has 4 N–H and O–H groups in total. The molecule has 1 rings (SSSR count). The zero-order valence-corrected chi connectivity index (χ0v) is 11.4. The summed E-state index contributed by atoms with van der Waals surface area (Å²) in [4.78, 5) is 0. The van der Waals surface area contributed by atoms with Gasteiger partial charge in [-0.25, -0.2) is 0 Å². The first-order valence-electron chi connectivity index (χ1n) is 6.23. The third-order valence-corrected chi connectivity index (χ3v) is 3.05. The molecule has 0 spiro atoms. The number of aryl methyl sites for hydroxylation is 1. The highest BCUT2D eigenvalue weighted by Crippen LogP contribution is 2.14. The minimum absolute atomic E-state index is 0.0649. The van der Waals surface area contributed by atoms with E-state index in [0.717, 1.165) is 12.8 Å². The van der Waals surface area contributed by atoms with Crippen LogP contribution in [-0.4, -0.2) is 22.6 Å². The van der Waals surface area contributed by atoms with Crippen LogP contribution in [0.25, 0.3) is 0 Å². The van der Waals surface area contributed by atoms with Crippen molar-refractivity contribution in [3.05, 3.63) is 35.9 Å². The summed E-state index contributed by atoms with van der Waals surface area (Å²) in [6.45, 7) is 6.13. The molecule has 0 radical (unpaired) electrons. The second-order valence-electron chi connectivity index (χ2n) is 5.26. The van der Waals surface area contributed by atoms with Crippen LogP contribution in [-0.2, 0) is 6.42 Å². The first-order valence-corrected chi connectivity index (χ1v) is 6.23. The van der Waals surface area contributed by atoms with Gasteiger partial charge in [0.05, 0.1) is 6.04 Å². The summed E-state index contributed by atoms with van der Waals surface area (Å²) in [6.07, 6.45) is 1.99. The molecule has 100 valence electrons. The van der Waals surface area contributed by atoms with Crippen molar-refractivity contribution < 1.29 is 5.21 Å². The number of amidine groups is 1. The summed E-state index contributed by atoms with van der Waals surface area (Å²) in [7, 11) is 0. The third-order valence-electron chi connectivity index (χ3n) is 3.05. The molecule has 18 heavy (non-hydrogen) atoms. The largest absolute Gasteiger partial charge is 0.409 e. The number of nitrogens with two attached hydrogens (primary N) is 1. The lowest BCUT2D eigenvalue weighted by atomic mass is 9.94. The Balaban J connectivity index is 2.49. The fourth-order valence-electron chi connectivity index (χ4n) is 1.92. The Morgan fingerprint density at radius 3 is 2.56 bits per heavy atom. The Labute approximate surface area is 109 Å². The number of nitrogens with zero attached hydrogens (tertiary/aromatic N) is 1. The van der Waals surface area contributed by atoms with Crippen LogP contribution < -0.4 is 11.1 Å². The molecular formula is C14H23N3O. The maximum absolute atomic E-state index is 8.63. The van der Waals surface area contributed by atoms with Crippen molar-refractivity contribution in [1.82, 2.24) is 5.32 Å². The highest BCUT2D eigenvalue weighted by atomic mass is 16.4. The van der Waals surface area contributed by atoms with Crippen LogP contribution in [0, 0.1) is 0 Å². The highest BCUT2D eigenvalue weighted by molar-refractivity contribution is 5.84. The molecular weight excluding hydrogens is 226 g/mol. The number of hydrogen-bond donors (Lipinski definition) is 3. The van der Waals surface area contributed by atoms with Gasteiger partial charge in [-0.1, -0.05) is 35.5 Å². The number of oxime groups is 1. The number of nitrogens with one attached hydrogen (secondary N) is 1. The maximum Gasteiger partial charge on any atom is 0.156 e. The van der Waals surface area contributed by atoms with Crippen LogP contribution >= 0.6 is 0 Å². The lowest BCUT2D eigenvalue weighted by molar-refractivity contribution is 0.307. The minimum atomic E-state index is -0.138. The van der Waals surface area contributed by atoms with Gasteiger partial charge in [-0.3, -0.25) is 0 Å². The average Bonchev–Trinajstić information content (AvgIpc) is 2.36. The van der Waals surface area contributed by atoms with Crippen LogP contribution in [0.1, 0.15) is 32.8 Å². The van der Waals surface area contributed by atoms with Crippen LogP contribution in [0.5, 0.6) is 0 Å². The standard InChI is InChI=1S/C14H23N3O/c1-11(13(15)17-18)16-14(2,3)10-9-12-7-5-4-6-8-12/h4-8,11,16,18H,9-10H2,1-3H3,(H2,15,17). The molecule has 0 heterocycles. The molecule has 4 heteroatoms. The van der Waals surface area contributed by atoms with Crippen LogP contribution in [0.15, 0.2) is 35.5 Å². The molecule has 0 fully saturated rings. The molecule has 0 amide bonds. The second kappa shape index (κ2) is 6.40. The summed E-state index contributed by atoms with van der Waals surface area (Å²) < 4.78 is 0. The van der Waals surface area contributed by atoms with Gasteiger partial charge in [0, 0.05) is 5.54 Å². The fraction of sp³-hybridized carbons (Fsp3) is 0.500. The molecule has 1 unspecified atom stereocenters. The van der Waals surface area contributed by atoms with Gasteiger partial charge in [0.2, 0.25) is 0 Å². The Hall–Kier alpha value is -1.55. The zero-order valence-electron chi connectivity index (χ0n) is 11.4. The first-order chi connectivity index (χ1) is 8.44. The normalized spacial score (nSPS) is 14.5. The van der Waals surface area contributed by atoms with E-state index in [1.807, 2.05) is 13.0 Å².